The molecule has 1 N–H and O–H groups in total. The molecule has 0 aromatic carbocycles. The van der Waals surface area contributed by atoms with Crippen LogP contribution in [0.4, 0.5) is 0 Å². The average molecular weight is 373 g/mol. The van der Waals surface area contributed by atoms with Crippen LogP contribution in [0.3, 0.4) is 0 Å². The second-order valence-electron chi connectivity index (χ2n) is 6.84. The number of aliphatic hydroxyl groups is 1. The Morgan fingerprint density at radius 3 is 1.93 bits per heavy atom. The molecule has 3 nitrogen and oxygen atoms in total. The normalized spacial score (nSPS) is 21.5. The predicted molar refractivity (Wildman–Crippen MR) is 113 cm³/mol. The SMILES string of the molecule is CC/C=C\C/C=C\C/C=C\C/C=C\C/C=C\CCC[C@@H]1C[C@@H](O)CC(=O)O1. The van der Waals surface area contributed by atoms with Crippen molar-refractivity contribution in [2.24, 2.45) is 0 Å². The first kappa shape index (κ1) is 23.2. The van der Waals surface area contributed by atoms with Crippen LogP contribution in [-0.4, -0.2) is 23.3 Å². The van der Waals surface area contributed by atoms with Gasteiger partial charge in [-0.1, -0.05) is 67.7 Å². The second-order valence-corrected chi connectivity index (χ2v) is 6.84. The van der Waals surface area contributed by atoms with Gasteiger partial charge >= 0.3 is 5.97 Å². The first-order chi connectivity index (χ1) is 13.2. The maximum absolute atomic E-state index is 11.3. The number of hydrogen-bond donors (Lipinski definition) is 1. The van der Waals surface area contributed by atoms with E-state index >= 15 is 0 Å². The number of rotatable bonds is 13. The topological polar surface area (TPSA) is 46.5 Å². The Kier molecular flexibility index (Phi) is 14.0. The lowest BCUT2D eigenvalue weighted by molar-refractivity contribution is -0.160. The number of ether oxygens (including phenoxy) is 1. The molecule has 27 heavy (non-hydrogen) atoms. The van der Waals surface area contributed by atoms with E-state index in [1.165, 1.54) is 0 Å². The van der Waals surface area contributed by atoms with E-state index in [1.807, 2.05) is 0 Å². The highest BCUT2D eigenvalue weighted by atomic mass is 16.5. The van der Waals surface area contributed by atoms with Gasteiger partial charge in [0, 0.05) is 6.42 Å². The molecule has 1 aliphatic heterocycles. The zero-order valence-corrected chi connectivity index (χ0v) is 16.8. The van der Waals surface area contributed by atoms with Crippen molar-refractivity contribution in [1.82, 2.24) is 0 Å². The third-order valence-corrected chi connectivity index (χ3v) is 4.29. The molecule has 0 unspecified atom stereocenters. The summed E-state index contributed by atoms with van der Waals surface area (Å²) in [6, 6.07) is 0. The zero-order valence-electron chi connectivity index (χ0n) is 16.8. The number of carbonyl (C=O) groups is 1. The largest absolute Gasteiger partial charge is 0.462 e. The number of esters is 1. The highest BCUT2D eigenvalue weighted by molar-refractivity contribution is 5.70. The van der Waals surface area contributed by atoms with Gasteiger partial charge in [-0.3, -0.25) is 4.79 Å². The number of aliphatic hydroxyl groups excluding tert-OH is 1. The second kappa shape index (κ2) is 16.3. The summed E-state index contributed by atoms with van der Waals surface area (Å²) in [6.45, 7) is 2.15. The zero-order chi connectivity index (χ0) is 19.6. The van der Waals surface area contributed by atoms with Gasteiger partial charge in [0.05, 0.1) is 12.5 Å². The summed E-state index contributed by atoms with van der Waals surface area (Å²) < 4.78 is 5.24. The van der Waals surface area contributed by atoms with Crippen LogP contribution in [0.15, 0.2) is 60.8 Å². The van der Waals surface area contributed by atoms with Crippen LogP contribution in [0, 0.1) is 0 Å². The summed E-state index contributed by atoms with van der Waals surface area (Å²) in [7, 11) is 0. The Bertz CT molecular complexity index is 526. The van der Waals surface area contributed by atoms with E-state index in [2.05, 4.69) is 67.7 Å². The number of cyclic esters (lactones) is 1. The molecular formula is C24H36O3. The van der Waals surface area contributed by atoms with Crippen LogP contribution < -0.4 is 0 Å². The maximum atomic E-state index is 11.3. The summed E-state index contributed by atoms with van der Waals surface area (Å²) in [5.74, 6) is -0.270. The van der Waals surface area contributed by atoms with E-state index in [1.54, 1.807) is 0 Å². The highest BCUT2D eigenvalue weighted by Gasteiger charge is 2.26. The lowest BCUT2D eigenvalue weighted by Crippen LogP contribution is -2.32. The molecule has 1 fully saturated rings. The molecule has 0 aliphatic carbocycles. The molecule has 1 heterocycles. The van der Waals surface area contributed by atoms with E-state index in [9.17, 15) is 9.90 Å². The Morgan fingerprint density at radius 2 is 1.41 bits per heavy atom. The maximum Gasteiger partial charge on any atom is 0.308 e. The van der Waals surface area contributed by atoms with E-state index < -0.39 is 6.10 Å². The Hall–Kier alpha value is -1.87. The van der Waals surface area contributed by atoms with Gasteiger partial charge < -0.3 is 9.84 Å². The Morgan fingerprint density at radius 1 is 0.889 bits per heavy atom. The van der Waals surface area contributed by atoms with Crippen molar-refractivity contribution < 1.29 is 14.6 Å². The number of carbonyl (C=O) groups excluding carboxylic acids is 1. The van der Waals surface area contributed by atoms with Crippen LogP contribution in [0.5, 0.6) is 0 Å². The summed E-state index contributed by atoms with van der Waals surface area (Å²) in [4.78, 5) is 11.3. The molecular weight excluding hydrogens is 336 g/mol. The fourth-order valence-electron chi connectivity index (χ4n) is 2.87. The molecule has 0 bridgehead atoms. The van der Waals surface area contributed by atoms with Crippen LogP contribution in [-0.2, 0) is 9.53 Å². The van der Waals surface area contributed by atoms with E-state index in [0.717, 1.165) is 51.4 Å². The summed E-state index contributed by atoms with van der Waals surface area (Å²) in [5, 5.41) is 9.56. The monoisotopic (exact) mass is 372 g/mol. The van der Waals surface area contributed by atoms with E-state index in [0.29, 0.717) is 6.42 Å². The minimum absolute atomic E-state index is 0.107. The van der Waals surface area contributed by atoms with Crippen LogP contribution in [0.25, 0.3) is 0 Å². The van der Waals surface area contributed by atoms with Crippen molar-refractivity contribution in [3.63, 3.8) is 0 Å². The van der Waals surface area contributed by atoms with Gasteiger partial charge in [0.1, 0.15) is 6.10 Å². The molecule has 150 valence electrons. The number of allylic oxidation sites excluding steroid dienone is 10. The molecule has 0 aromatic heterocycles. The van der Waals surface area contributed by atoms with Crippen LogP contribution in [0.1, 0.15) is 71.1 Å². The van der Waals surface area contributed by atoms with Crippen LogP contribution >= 0.6 is 0 Å². The first-order valence-electron chi connectivity index (χ1n) is 10.3. The van der Waals surface area contributed by atoms with Gasteiger partial charge in [-0.2, -0.15) is 0 Å². The predicted octanol–water partition coefficient (Wildman–Crippen LogP) is 5.97. The molecule has 3 heteroatoms. The lowest BCUT2D eigenvalue weighted by atomic mass is 10.0. The van der Waals surface area contributed by atoms with Crippen molar-refractivity contribution in [1.29, 1.82) is 0 Å². The van der Waals surface area contributed by atoms with Gasteiger partial charge in [-0.15, -0.1) is 0 Å². The molecule has 1 rings (SSSR count). The third kappa shape index (κ3) is 13.9. The standard InChI is InChI=1S/C24H36O3/c1-2-3-4-5-6-7-8-9-10-11-12-13-14-15-16-17-18-19-23-20-22(25)21-24(26)27-23/h3-4,6-7,9-10,12-13,15-16,22-23,25H,2,5,8,11,14,17-21H2,1H3/b4-3-,7-6-,10-9-,13-12-,16-15-/t22-,23-/m1/s1. The molecule has 0 aromatic rings. The van der Waals surface area contributed by atoms with Crippen molar-refractivity contribution in [3.8, 4) is 0 Å². The summed E-state index contributed by atoms with van der Waals surface area (Å²) in [5.41, 5.74) is 0. The van der Waals surface area contributed by atoms with Gasteiger partial charge in [-0.25, -0.2) is 0 Å². The fraction of sp³-hybridized carbons (Fsp3) is 0.542. The molecule has 2 atom stereocenters. The van der Waals surface area contributed by atoms with Gasteiger partial charge in [0.2, 0.25) is 0 Å². The highest BCUT2D eigenvalue weighted by Crippen LogP contribution is 2.19. The van der Waals surface area contributed by atoms with Crippen molar-refractivity contribution in [3.05, 3.63) is 60.8 Å². The molecule has 1 saturated heterocycles. The van der Waals surface area contributed by atoms with Crippen molar-refractivity contribution in [2.75, 3.05) is 0 Å². The van der Waals surface area contributed by atoms with Gasteiger partial charge in [0.25, 0.3) is 0 Å². The third-order valence-electron chi connectivity index (χ3n) is 4.29. The molecule has 0 spiro atoms. The number of unbranched alkanes of at least 4 members (excludes halogenated alkanes) is 1. The summed E-state index contributed by atoms with van der Waals surface area (Å²) in [6.07, 6.45) is 29.9. The Labute approximate surface area is 165 Å². The Balaban J connectivity index is 1.96. The van der Waals surface area contributed by atoms with E-state index in [4.69, 9.17) is 4.74 Å². The first-order valence-corrected chi connectivity index (χ1v) is 10.3. The molecule has 1 aliphatic rings. The van der Waals surface area contributed by atoms with Crippen molar-refractivity contribution >= 4 is 5.97 Å². The van der Waals surface area contributed by atoms with Gasteiger partial charge in [0.15, 0.2) is 0 Å². The average Bonchev–Trinajstić information content (AvgIpc) is 2.63. The molecule has 0 saturated carbocycles. The molecule has 0 amide bonds. The summed E-state index contributed by atoms with van der Waals surface area (Å²) >= 11 is 0. The smallest absolute Gasteiger partial charge is 0.308 e. The number of hydrogen-bond acceptors (Lipinski definition) is 3. The molecule has 0 radical (unpaired) electrons. The minimum Gasteiger partial charge on any atom is -0.462 e. The van der Waals surface area contributed by atoms with Gasteiger partial charge in [-0.05, 0) is 51.4 Å². The quantitative estimate of drug-likeness (QED) is 0.246. The fourth-order valence-corrected chi connectivity index (χ4v) is 2.87. The van der Waals surface area contributed by atoms with E-state index in [-0.39, 0.29) is 18.5 Å². The van der Waals surface area contributed by atoms with Crippen molar-refractivity contribution in [2.45, 2.75) is 83.3 Å². The van der Waals surface area contributed by atoms with Crippen LogP contribution in [0.2, 0.25) is 0 Å². The minimum atomic E-state index is -0.523. The lowest BCUT2D eigenvalue weighted by Gasteiger charge is -2.25.